The van der Waals surface area contributed by atoms with Crippen LogP contribution in [0.4, 0.5) is 5.69 Å². The highest BCUT2D eigenvalue weighted by Crippen LogP contribution is 2.25. The largest absolute Gasteiger partial charge is 0.462 e. The van der Waals surface area contributed by atoms with Crippen molar-refractivity contribution in [3.8, 4) is 0 Å². The van der Waals surface area contributed by atoms with Gasteiger partial charge < -0.3 is 4.74 Å². The van der Waals surface area contributed by atoms with Crippen molar-refractivity contribution in [3.05, 3.63) is 38.9 Å². The number of carbonyl (C=O) groups is 1. The number of benzene rings is 1. The molecule has 1 rings (SSSR count). The van der Waals surface area contributed by atoms with Crippen molar-refractivity contribution in [1.82, 2.24) is 0 Å². The first-order valence-electron chi connectivity index (χ1n) is 5.02. The zero-order chi connectivity index (χ0) is 13.0. The number of nitro benzene ring substituents is 1. The highest BCUT2D eigenvalue weighted by molar-refractivity contribution is 6.17. The Hall–Kier alpha value is -1.62. The van der Waals surface area contributed by atoms with Crippen LogP contribution in [0.25, 0.3) is 0 Å². The summed E-state index contributed by atoms with van der Waals surface area (Å²) in [4.78, 5) is 21.8. The van der Waals surface area contributed by atoms with E-state index in [2.05, 4.69) is 0 Å². The number of nitrogens with zero attached hydrogens (tertiary/aromatic N) is 1. The molecule has 0 N–H and O–H groups in total. The molecule has 0 saturated carbocycles. The molecule has 0 saturated heterocycles. The molecule has 0 bridgehead atoms. The lowest BCUT2D eigenvalue weighted by molar-refractivity contribution is -0.385. The molecule has 0 atom stereocenters. The van der Waals surface area contributed by atoms with Crippen LogP contribution in [0.15, 0.2) is 12.1 Å². The van der Waals surface area contributed by atoms with Crippen molar-refractivity contribution in [3.63, 3.8) is 0 Å². The minimum atomic E-state index is -0.561. The highest BCUT2D eigenvalue weighted by atomic mass is 35.5. The third-order valence-electron chi connectivity index (χ3n) is 2.26. The van der Waals surface area contributed by atoms with Crippen LogP contribution in [-0.4, -0.2) is 17.5 Å². The van der Waals surface area contributed by atoms with Gasteiger partial charge in [0.1, 0.15) is 0 Å². The Balaban J connectivity index is 3.29. The van der Waals surface area contributed by atoms with E-state index < -0.39 is 10.9 Å². The van der Waals surface area contributed by atoms with E-state index in [0.717, 1.165) is 0 Å². The van der Waals surface area contributed by atoms with Crippen molar-refractivity contribution in [2.75, 3.05) is 6.61 Å². The first-order valence-corrected chi connectivity index (χ1v) is 5.55. The lowest BCUT2D eigenvalue weighted by Gasteiger charge is -2.07. The van der Waals surface area contributed by atoms with Gasteiger partial charge in [-0.25, -0.2) is 4.79 Å². The summed E-state index contributed by atoms with van der Waals surface area (Å²) in [6.45, 7) is 3.59. The molecule has 0 aliphatic heterocycles. The van der Waals surface area contributed by atoms with Crippen molar-refractivity contribution in [2.24, 2.45) is 0 Å². The quantitative estimate of drug-likeness (QED) is 0.360. The maximum absolute atomic E-state index is 11.6. The number of esters is 1. The fourth-order valence-electron chi connectivity index (χ4n) is 1.46. The van der Waals surface area contributed by atoms with Crippen molar-refractivity contribution in [2.45, 2.75) is 19.7 Å². The Bertz CT molecular complexity index is 459. The van der Waals surface area contributed by atoms with Crippen LogP contribution >= 0.6 is 11.6 Å². The van der Waals surface area contributed by atoms with Gasteiger partial charge in [-0.1, -0.05) is 0 Å². The molecule has 0 radical (unpaired) electrons. The number of carbonyl (C=O) groups excluding carboxylic acids is 1. The molecule has 0 fully saturated rings. The Morgan fingerprint density at radius 2 is 2.18 bits per heavy atom. The number of rotatable bonds is 4. The van der Waals surface area contributed by atoms with Crippen molar-refractivity contribution < 1.29 is 14.5 Å². The van der Waals surface area contributed by atoms with Crippen LogP contribution in [-0.2, 0) is 10.6 Å². The zero-order valence-electron chi connectivity index (χ0n) is 9.53. The van der Waals surface area contributed by atoms with Crippen molar-refractivity contribution in [1.29, 1.82) is 0 Å². The van der Waals surface area contributed by atoms with Gasteiger partial charge in [0.15, 0.2) is 0 Å². The van der Waals surface area contributed by atoms with Gasteiger partial charge in [0.2, 0.25) is 0 Å². The SMILES string of the molecule is CCOC(=O)c1cc([N+](=O)[O-])c(CCl)cc1C. The molecule has 17 heavy (non-hydrogen) atoms. The van der Waals surface area contributed by atoms with Gasteiger partial charge in [-0.15, -0.1) is 11.6 Å². The highest BCUT2D eigenvalue weighted by Gasteiger charge is 2.20. The molecule has 0 spiro atoms. The van der Waals surface area contributed by atoms with Gasteiger partial charge >= 0.3 is 5.97 Å². The molecule has 92 valence electrons. The fourth-order valence-corrected chi connectivity index (χ4v) is 1.68. The Labute approximate surface area is 103 Å². The summed E-state index contributed by atoms with van der Waals surface area (Å²) in [6, 6.07) is 2.75. The van der Waals surface area contributed by atoms with E-state index in [1.54, 1.807) is 13.8 Å². The molecule has 0 heterocycles. The third-order valence-corrected chi connectivity index (χ3v) is 2.55. The number of ether oxygens (including phenoxy) is 1. The van der Waals surface area contributed by atoms with Crippen LogP contribution in [0, 0.1) is 17.0 Å². The van der Waals surface area contributed by atoms with E-state index in [0.29, 0.717) is 11.1 Å². The molecule has 1 aromatic rings. The number of aryl methyl sites for hydroxylation is 1. The van der Waals surface area contributed by atoms with E-state index in [1.807, 2.05) is 0 Å². The van der Waals surface area contributed by atoms with Gasteiger partial charge in [0, 0.05) is 11.6 Å². The molecule has 0 aliphatic carbocycles. The molecule has 0 aromatic heterocycles. The van der Waals surface area contributed by atoms with Crippen LogP contribution in [0.5, 0.6) is 0 Å². The van der Waals surface area contributed by atoms with Crippen LogP contribution in [0.1, 0.15) is 28.4 Å². The molecular formula is C11H12ClNO4. The predicted molar refractivity (Wildman–Crippen MR) is 63.3 cm³/mol. The Morgan fingerprint density at radius 3 is 2.65 bits per heavy atom. The van der Waals surface area contributed by atoms with E-state index in [4.69, 9.17) is 16.3 Å². The minimum absolute atomic E-state index is 0.0280. The first-order chi connectivity index (χ1) is 8.01. The smallest absolute Gasteiger partial charge is 0.338 e. The molecule has 1 aromatic carbocycles. The normalized spacial score (nSPS) is 10.1. The maximum atomic E-state index is 11.6. The average molecular weight is 258 g/mol. The molecule has 0 amide bonds. The van der Waals surface area contributed by atoms with Crippen molar-refractivity contribution >= 4 is 23.3 Å². The van der Waals surface area contributed by atoms with E-state index in [1.165, 1.54) is 12.1 Å². The second kappa shape index (κ2) is 5.63. The van der Waals surface area contributed by atoms with E-state index in [-0.39, 0.29) is 23.7 Å². The van der Waals surface area contributed by atoms with Crippen LogP contribution < -0.4 is 0 Å². The zero-order valence-corrected chi connectivity index (χ0v) is 10.3. The molecule has 6 heteroatoms. The molecular weight excluding hydrogens is 246 g/mol. The van der Waals surface area contributed by atoms with E-state index >= 15 is 0 Å². The summed E-state index contributed by atoms with van der Waals surface area (Å²) < 4.78 is 4.82. The van der Waals surface area contributed by atoms with Gasteiger partial charge in [0.05, 0.1) is 23.0 Å². The predicted octanol–water partition coefficient (Wildman–Crippen LogP) is 2.82. The number of halogens is 1. The third kappa shape index (κ3) is 2.94. The maximum Gasteiger partial charge on any atom is 0.338 e. The summed E-state index contributed by atoms with van der Waals surface area (Å²) in [5.74, 6) is -0.533. The summed E-state index contributed by atoms with van der Waals surface area (Å²) >= 11 is 5.62. The average Bonchev–Trinajstić information content (AvgIpc) is 2.28. The standard InChI is InChI=1S/C11H12ClNO4/c1-3-17-11(14)9-5-10(13(15)16)8(6-12)4-7(9)2/h4-5H,3,6H2,1-2H3. The summed E-state index contributed by atoms with van der Waals surface area (Å²) in [5.41, 5.74) is 1.05. The van der Waals surface area contributed by atoms with Crippen LogP contribution in [0.2, 0.25) is 0 Å². The summed E-state index contributed by atoms with van der Waals surface area (Å²) in [7, 11) is 0. The van der Waals surface area contributed by atoms with Gasteiger partial charge in [-0.2, -0.15) is 0 Å². The molecule has 5 nitrogen and oxygen atoms in total. The van der Waals surface area contributed by atoms with Crippen LogP contribution in [0.3, 0.4) is 0 Å². The van der Waals surface area contributed by atoms with Gasteiger partial charge in [0.25, 0.3) is 5.69 Å². The number of hydrogen-bond acceptors (Lipinski definition) is 4. The summed E-state index contributed by atoms with van der Waals surface area (Å²) in [5, 5.41) is 10.8. The second-order valence-corrected chi connectivity index (χ2v) is 3.67. The monoisotopic (exact) mass is 257 g/mol. The lowest BCUT2D eigenvalue weighted by Crippen LogP contribution is -2.08. The van der Waals surface area contributed by atoms with Gasteiger partial charge in [-0.05, 0) is 25.5 Å². The lowest BCUT2D eigenvalue weighted by atomic mass is 10.0. The number of nitro groups is 1. The number of alkyl halides is 1. The molecule has 0 aliphatic rings. The topological polar surface area (TPSA) is 69.4 Å². The summed E-state index contributed by atoms with van der Waals surface area (Å²) in [6.07, 6.45) is 0. The van der Waals surface area contributed by atoms with E-state index in [9.17, 15) is 14.9 Å². The minimum Gasteiger partial charge on any atom is -0.462 e. The first kappa shape index (κ1) is 13.4. The Morgan fingerprint density at radius 1 is 1.53 bits per heavy atom. The Kier molecular flexibility index (Phi) is 4.45. The number of hydrogen-bond donors (Lipinski definition) is 0. The second-order valence-electron chi connectivity index (χ2n) is 3.41. The van der Waals surface area contributed by atoms with Gasteiger partial charge in [-0.3, -0.25) is 10.1 Å². The molecule has 0 unspecified atom stereocenters. The fraction of sp³-hybridized carbons (Fsp3) is 0.364.